The molecule has 20 heavy (non-hydrogen) atoms. The van der Waals surface area contributed by atoms with Crippen LogP contribution in [0.2, 0.25) is 0 Å². The maximum Gasteiger partial charge on any atom is 0.157 e. The van der Waals surface area contributed by atoms with Crippen LogP contribution in [0.1, 0.15) is 31.2 Å². The minimum Gasteiger partial charge on any atom is -0.504 e. The van der Waals surface area contributed by atoms with Crippen molar-refractivity contribution in [3.05, 3.63) is 23.8 Å². The normalized spacial score (nSPS) is 22.6. The fourth-order valence-corrected chi connectivity index (χ4v) is 3.02. The van der Waals surface area contributed by atoms with Gasteiger partial charge in [-0.25, -0.2) is 0 Å². The Bertz CT molecular complexity index is 454. The summed E-state index contributed by atoms with van der Waals surface area (Å²) in [6, 6.07) is 5.77. The van der Waals surface area contributed by atoms with Gasteiger partial charge in [-0.15, -0.1) is 0 Å². The number of hydrogen-bond acceptors (Lipinski definition) is 4. The number of benzene rings is 1. The molecule has 1 unspecified atom stereocenters. The lowest BCUT2D eigenvalue weighted by atomic mass is 10.1. The molecule has 3 N–H and O–H groups in total. The largest absolute Gasteiger partial charge is 0.504 e. The van der Waals surface area contributed by atoms with Crippen molar-refractivity contribution in [1.82, 2.24) is 10.2 Å². The van der Waals surface area contributed by atoms with Gasteiger partial charge in [-0.05, 0) is 55.8 Å². The topological polar surface area (TPSA) is 55.7 Å². The molecule has 3 rings (SSSR count). The highest BCUT2D eigenvalue weighted by molar-refractivity contribution is 5.40. The van der Waals surface area contributed by atoms with Gasteiger partial charge in [0.05, 0.1) is 0 Å². The third-order valence-corrected chi connectivity index (χ3v) is 4.30. The zero-order valence-electron chi connectivity index (χ0n) is 11.9. The molecule has 1 aliphatic carbocycles. The Morgan fingerprint density at radius 1 is 1.10 bits per heavy atom. The second kappa shape index (κ2) is 6.02. The van der Waals surface area contributed by atoms with Gasteiger partial charge in [-0.2, -0.15) is 0 Å². The molecule has 1 aliphatic heterocycles. The van der Waals surface area contributed by atoms with Gasteiger partial charge in [-0.3, -0.25) is 4.90 Å². The van der Waals surface area contributed by atoms with Gasteiger partial charge in [0.15, 0.2) is 11.5 Å². The molecule has 0 aromatic heterocycles. The van der Waals surface area contributed by atoms with Gasteiger partial charge >= 0.3 is 0 Å². The second-order valence-corrected chi connectivity index (χ2v) is 6.25. The summed E-state index contributed by atoms with van der Waals surface area (Å²) in [5.41, 5.74) is 1.07. The lowest BCUT2D eigenvalue weighted by molar-refractivity contribution is 0.231. The summed E-state index contributed by atoms with van der Waals surface area (Å²) >= 11 is 0. The van der Waals surface area contributed by atoms with E-state index in [0.717, 1.165) is 37.7 Å². The van der Waals surface area contributed by atoms with Crippen molar-refractivity contribution in [2.24, 2.45) is 5.92 Å². The van der Waals surface area contributed by atoms with Crippen LogP contribution >= 0.6 is 0 Å². The van der Waals surface area contributed by atoms with E-state index in [2.05, 4.69) is 10.2 Å². The van der Waals surface area contributed by atoms with E-state index in [1.165, 1.54) is 25.7 Å². The van der Waals surface area contributed by atoms with E-state index in [0.29, 0.717) is 6.04 Å². The van der Waals surface area contributed by atoms with Gasteiger partial charge < -0.3 is 15.5 Å². The Balaban J connectivity index is 1.62. The average Bonchev–Trinajstić information content (AvgIpc) is 3.08. The van der Waals surface area contributed by atoms with Crippen molar-refractivity contribution in [1.29, 1.82) is 0 Å². The van der Waals surface area contributed by atoms with Gasteiger partial charge in [0, 0.05) is 25.7 Å². The van der Waals surface area contributed by atoms with Crippen molar-refractivity contribution in [2.75, 3.05) is 19.6 Å². The van der Waals surface area contributed by atoms with E-state index >= 15 is 0 Å². The summed E-state index contributed by atoms with van der Waals surface area (Å²) in [6.07, 6.45) is 5.26. The minimum atomic E-state index is -0.0417. The van der Waals surface area contributed by atoms with E-state index in [1.54, 1.807) is 12.1 Å². The molecule has 4 nitrogen and oxygen atoms in total. The fourth-order valence-electron chi connectivity index (χ4n) is 3.02. The lowest BCUT2D eigenvalue weighted by Crippen LogP contribution is -2.38. The first-order valence-corrected chi connectivity index (χ1v) is 7.67. The Kier molecular flexibility index (Phi) is 4.13. The maximum absolute atomic E-state index is 9.61. The SMILES string of the molecule is Oc1ccc(CN(CC2CC2)CC2CCCN2)cc1O. The number of hydrogen-bond donors (Lipinski definition) is 3. The van der Waals surface area contributed by atoms with Crippen LogP contribution in [0.25, 0.3) is 0 Å². The van der Waals surface area contributed by atoms with E-state index in [-0.39, 0.29) is 11.5 Å². The summed E-state index contributed by atoms with van der Waals surface area (Å²) in [7, 11) is 0. The molecule has 1 saturated carbocycles. The van der Waals surface area contributed by atoms with E-state index in [1.807, 2.05) is 6.07 Å². The molecule has 2 aliphatic rings. The second-order valence-electron chi connectivity index (χ2n) is 6.25. The van der Waals surface area contributed by atoms with Crippen molar-refractivity contribution in [3.8, 4) is 11.5 Å². The molecule has 110 valence electrons. The highest BCUT2D eigenvalue weighted by atomic mass is 16.3. The van der Waals surface area contributed by atoms with Crippen molar-refractivity contribution >= 4 is 0 Å². The quantitative estimate of drug-likeness (QED) is 0.696. The van der Waals surface area contributed by atoms with Crippen LogP contribution in [-0.2, 0) is 6.54 Å². The van der Waals surface area contributed by atoms with Crippen molar-refractivity contribution in [3.63, 3.8) is 0 Å². The molecule has 2 fully saturated rings. The van der Waals surface area contributed by atoms with Gasteiger partial charge in [0.1, 0.15) is 0 Å². The average molecular weight is 276 g/mol. The van der Waals surface area contributed by atoms with Crippen LogP contribution in [0.4, 0.5) is 0 Å². The third kappa shape index (κ3) is 3.64. The highest BCUT2D eigenvalue weighted by Gasteiger charge is 2.26. The number of rotatable bonds is 6. The lowest BCUT2D eigenvalue weighted by Gasteiger charge is -2.26. The molecule has 4 heteroatoms. The predicted molar refractivity (Wildman–Crippen MR) is 78.8 cm³/mol. The summed E-state index contributed by atoms with van der Waals surface area (Å²) < 4.78 is 0. The molecule has 1 heterocycles. The molecular formula is C16H24N2O2. The minimum absolute atomic E-state index is 0.0205. The molecule has 0 amide bonds. The molecule has 1 aromatic carbocycles. The molecule has 0 radical (unpaired) electrons. The molecule has 0 spiro atoms. The third-order valence-electron chi connectivity index (χ3n) is 4.30. The van der Waals surface area contributed by atoms with Gasteiger partial charge in [-0.1, -0.05) is 6.07 Å². The molecular weight excluding hydrogens is 252 g/mol. The fraction of sp³-hybridized carbons (Fsp3) is 0.625. The molecule has 1 atom stereocenters. The monoisotopic (exact) mass is 276 g/mol. The van der Waals surface area contributed by atoms with Gasteiger partial charge in [0.2, 0.25) is 0 Å². The molecule has 1 saturated heterocycles. The summed E-state index contributed by atoms with van der Waals surface area (Å²) in [5.74, 6) is 0.801. The van der Waals surface area contributed by atoms with Crippen molar-refractivity contribution < 1.29 is 10.2 Å². The zero-order valence-corrected chi connectivity index (χ0v) is 11.9. The van der Waals surface area contributed by atoms with Crippen LogP contribution in [0.5, 0.6) is 11.5 Å². The smallest absolute Gasteiger partial charge is 0.157 e. The van der Waals surface area contributed by atoms with E-state index < -0.39 is 0 Å². The van der Waals surface area contributed by atoms with E-state index in [4.69, 9.17) is 0 Å². The first-order chi connectivity index (χ1) is 9.70. The van der Waals surface area contributed by atoms with Crippen molar-refractivity contribution in [2.45, 2.75) is 38.3 Å². The number of nitrogens with one attached hydrogen (secondary N) is 1. The van der Waals surface area contributed by atoms with Crippen LogP contribution < -0.4 is 5.32 Å². The number of aromatic hydroxyl groups is 2. The number of nitrogens with zero attached hydrogens (tertiary/aromatic N) is 1. The van der Waals surface area contributed by atoms with Gasteiger partial charge in [0.25, 0.3) is 0 Å². The Labute approximate surface area is 120 Å². The van der Waals surface area contributed by atoms with Crippen LogP contribution in [0.15, 0.2) is 18.2 Å². The van der Waals surface area contributed by atoms with Crippen LogP contribution in [-0.4, -0.2) is 40.8 Å². The first-order valence-electron chi connectivity index (χ1n) is 7.67. The molecule has 0 bridgehead atoms. The first kappa shape index (κ1) is 13.7. The highest BCUT2D eigenvalue weighted by Crippen LogP contribution is 2.31. The van der Waals surface area contributed by atoms with Crippen LogP contribution in [0, 0.1) is 5.92 Å². The summed E-state index contributed by atoms with van der Waals surface area (Å²) in [5, 5.41) is 22.6. The summed E-state index contributed by atoms with van der Waals surface area (Å²) in [6.45, 7) is 4.22. The predicted octanol–water partition coefficient (Wildman–Crippen LogP) is 2.06. The Morgan fingerprint density at radius 2 is 1.95 bits per heavy atom. The van der Waals surface area contributed by atoms with Crippen LogP contribution in [0.3, 0.4) is 0 Å². The number of phenols is 2. The van der Waals surface area contributed by atoms with E-state index in [9.17, 15) is 10.2 Å². The Hall–Kier alpha value is -1.26. The zero-order chi connectivity index (χ0) is 13.9. The Morgan fingerprint density at radius 3 is 2.60 bits per heavy atom. The molecule has 1 aromatic rings. The standard InChI is InChI=1S/C16H24N2O2/c19-15-6-5-13(8-16(15)20)10-18(9-12-3-4-12)11-14-2-1-7-17-14/h5-6,8,12,14,17,19-20H,1-4,7,9-11H2. The summed E-state index contributed by atoms with van der Waals surface area (Å²) in [4.78, 5) is 2.49. The maximum atomic E-state index is 9.61. The number of phenolic OH excluding ortho intramolecular Hbond substituents is 2.